The number of carbonyl (C=O) groups excluding carboxylic acids is 3. The van der Waals surface area contributed by atoms with Gasteiger partial charge in [0.2, 0.25) is 5.91 Å². The van der Waals surface area contributed by atoms with Crippen molar-refractivity contribution in [2.24, 2.45) is 0 Å². The van der Waals surface area contributed by atoms with Gasteiger partial charge in [0.1, 0.15) is 5.82 Å². The van der Waals surface area contributed by atoms with Crippen LogP contribution in [0.3, 0.4) is 0 Å². The first-order valence-corrected chi connectivity index (χ1v) is 6.61. The summed E-state index contributed by atoms with van der Waals surface area (Å²) in [5.74, 6) is -1.24. The number of aromatic amines is 1. The number of aromatic nitrogens is 3. The molecule has 0 bridgehead atoms. The van der Waals surface area contributed by atoms with Crippen molar-refractivity contribution in [3.05, 3.63) is 23.8 Å². The molecule has 9 heteroatoms. The molecule has 0 aliphatic carbocycles. The van der Waals surface area contributed by atoms with Crippen molar-refractivity contribution in [1.82, 2.24) is 20.5 Å². The number of nitrogens with zero attached hydrogens (tertiary/aromatic N) is 2. The van der Waals surface area contributed by atoms with Gasteiger partial charge in [-0.1, -0.05) is 6.58 Å². The Bertz CT molecular complexity index is 567. The zero-order valence-corrected chi connectivity index (χ0v) is 12.5. The third-order valence-electron chi connectivity index (χ3n) is 2.44. The van der Waals surface area contributed by atoms with Crippen LogP contribution in [0.15, 0.2) is 12.2 Å². The molecule has 9 nitrogen and oxygen atoms in total. The number of hydrogen-bond donors (Lipinski definition) is 2. The Hall–Kier alpha value is -2.71. The van der Waals surface area contributed by atoms with Crippen molar-refractivity contribution in [1.29, 1.82) is 0 Å². The molecule has 1 aromatic heterocycles. The van der Waals surface area contributed by atoms with E-state index in [-0.39, 0.29) is 37.6 Å². The summed E-state index contributed by atoms with van der Waals surface area (Å²) in [4.78, 5) is 37.6. The standard InChI is InChI=1S/C13H18N4O5/c1-4-21-13(20)11-15-10(16-17-11)7-14-12(19)8(2)5-6-22-9(3)18/h2,4-7H2,1,3H3,(H,14,19)(H,15,16,17). The lowest BCUT2D eigenvalue weighted by Crippen LogP contribution is -2.25. The van der Waals surface area contributed by atoms with Gasteiger partial charge in [-0.15, -0.1) is 5.10 Å². The van der Waals surface area contributed by atoms with E-state index >= 15 is 0 Å². The maximum Gasteiger partial charge on any atom is 0.378 e. The van der Waals surface area contributed by atoms with Gasteiger partial charge in [0.25, 0.3) is 5.82 Å². The largest absolute Gasteiger partial charge is 0.466 e. The van der Waals surface area contributed by atoms with Crippen molar-refractivity contribution >= 4 is 17.8 Å². The third-order valence-corrected chi connectivity index (χ3v) is 2.44. The highest BCUT2D eigenvalue weighted by atomic mass is 16.5. The topological polar surface area (TPSA) is 123 Å². The molecule has 1 rings (SSSR count). The first-order chi connectivity index (χ1) is 10.4. The van der Waals surface area contributed by atoms with E-state index in [1.165, 1.54) is 6.92 Å². The molecule has 0 aliphatic rings. The summed E-state index contributed by atoms with van der Waals surface area (Å²) in [6, 6.07) is 0. The van der Waals surface area contributed by atoms with Gasteiger partial charge < -0.3 is 14.8 Å². The van der Waals surface area contributed by atoms with Crippen molar-refractivity contribution in [3.63, 3.8) is 0 Å². The van der Waals surface area contributed by atoms with Crippen molar-refractivity contribution in [2.45, 2.75) is 26.8 Å². The Labute approximate surface area is 127 Å². The number of amides is 1. The zero-order chi connectivity index (χ0) is 16.5. The summed E-state index contributed by atoms with van der Waals surface area (Å²) in [6.45, 7) is 6.93. The first-order valence-electron chi connectivity index (χ1n) is 6.61. The number of H-pyrrole nitrogens is 1. The van der Waals surface area contributed by atoms with Crippen LogP contribution in [0.2, 0.25) is 0 Å². The second-order valence-electron chi connectivity index (χ2n) is 4.20. The van der Waals surface area contributed by atoms with Crippen LogP contribution in [0.25, 0.3) is 0 Å². The lowest BCUT2D eigenvalue weighted by molar-refractivity contribution is -0.141. The van der Waals surface area contributed by atoms with Crippen LogP contribution >= 0.6 is 0 Å². The number of hydrogen-bond acceptors (Lipinski definition) is 7. The second-order valence-corrected chi connectivity index (χ2v) is 4.20. The molecule has 1 heterocycles. The Kier molecular flexibility index (Phi) is 6.74. The lowest BCUT2D eigenvalue weighted by atomic mass is 10.2. The van der Waals surface area contributed by atoms with E-state index in [1.807, 2.05) is 0 Å². The fraction of sp³-hybridized carbons (Fsp3) is 0.462. The number of esters is 2. The van der Waals surface area contributed by atoms with Crippen LogP contribution in [-0.4, -0.2) is 46.2 Å². The minimum atomic E-state index is -0.637. The molecule has 0 atom stereocenters. The van der Waals surface area contributed by atoms with Crippen molar-refractivity contribution in [2.75, 3.05) is 13.2 Å². The van der Waals surface area contributed by atoms with E-state index in [0.717, 1.165) is 0 Å². The molecule has 2 N–H and O–H groups in total. The third kappa shape index (κ3) is 5.73. The highest BCUT2D eigenvalue weighted by molar-refractivity contribution is 5.92. The van der Waals surface area contributed by atoms with Crippen molar-refractivity contribution < 1.29 is 23.9 Å². The average molecular weight is 310 g/mol. The fourth-order valence-electron chi connectivity index (χ4n) is 1.38. The van der Waals surface area contributed by atoms with Crippen LogP contribution < -0.4 is 5.32 Å². The normalized spacial score (nSPS) is 9.91. The minimum Gasteiger partial charge on any atom is -0.466 e. The van der Waals surface area contributed by atoms with Crippen LogP contribution in [0.5, 0.6) is 0 Å². The van der Waals surface area contributed by atoms with E-state index in [2.05, 4.69) is 27.1 Å². The van der Waals surface area contributed by atoms with Gasteiger partial charge in [-0.05, 0) is 6.92 Å². The highest BCUT2D eigenvalue weighted by Crippen LogP contribution is 2.00. The molecule has 120 valence electrons. The summed E-state index contributed by atoms with van der Waals surface area (Å²) in [5, 5.41) is 8.76. The molecule has 1 aromatic rings. The second kappa shape index (κ2) is 8.55. The zero-order valence-electron chi connectivity index (χ0n) is 12.5. The van der Waals surface area contributed by atoms with Gasteiger partial charge >= 0.3 is 11.9 Å². The van der Waals surface area contributed by atoms with E-state index in [4.69, 9.17) is 9.47 Å². The molecule has 0 radical (unpaired) electrons. The Balaban J connectivity index is 2.39. The lowest BCUT2D eigenvalue weighted by Gasteiger charge is -2.06. The van der Waals surface area contributed by atoms with Gasteiger partial charge in [-0.25, -0.2) is 9.78 Å². The maximum absolute atomic E-state index is 11.7. The fourth-order valence-corrected chi connectivity index (χ4v) is 1.38. The SMILES string of the molecule is C=C(CCOC(C)=O)C(=O)NCc1nc(C(=O)OCC)n[nH]1. The van der Waals surface area contributed by atoms with E-state index < -0.39 is 17.8 Å². The quantitative estimate of drug-likeness (QED) is 0.516. The summed E-state index contributed by atoms with van der Waals surface area (Å²) in [6.07, 6.45) is 0.232. The maximum atomic E-state index is 11.7. The number of ether oxygens (including phenoxy) is 2. The molecule has 0 spiro atoms. The van der Waals surface area contributed by atoms with Crippen LogP contribution in [-0.2, 0) is 25.6 Å². The summed E-state index contributed by atoms with van der Waals surface area (Å²) >= 11 is 0. The monoisotopic (exact) mass is 310 g/mol. The molecule has 22 heavy (non-hydrogen) atoms. The predicted molar refractivity (Wildman–Crippen MR) is 74.6 cm³/mol. The first kappa shape index (κ1) is 17.3. The Morgan fingerprint density at radius 3 is 2.68 bits per heavy atom. The van der Waals surface area contributed by atoms with Gasteiger partial charge in [-0.3, -0.25) is 14.7 Å². The summed E-state index contributed by atoms with van der Waals surface area (Å²) in [7, 11) is 0. The number of rotatable bonds is 8. The van der Waals surface area contributed by atoms with E-state index in [1.54, 1.807) is 6.92 Å². The van der Waals surface area contributed by atoms with Crippen LogP contribution in [0.4, 0.5) is 0 Å². The minimum absolute atomic E-state index is 0.0534. The number of nitrogens with one attached hydrogen (secondary N) is 2. The molecular formula is C13H18N4O5. The molecule has 0 saturated heterocycles. The molecule has 0 saturated carbocycles. The smallest absolute Gasteiger partial charge is 0.378 e. The van der Waals surface area contributed by atoms with Gasteiger partial charge in [0.05, 0.1) is 19.8 Å². The molecule has 0 unspecified atom stereocenters. The molecule has 0 aliphatic heterocycles. The average Bonchev–Trinajstić information content (AvgIpc) is 2.93. The van der Waals surface area contributed by atoms with E-state index in [0.29, 0.717) is 5.82 Å². The van der Waals surface area contributed by atoms with E-state index in [9.17, 15) is 14.4 Å². The van der Waals surface area contributed by atoms with Gasteiger partial charge in [-0.2, -0.15) is 0 Å². The van der Waals surface area contributed by atoms with Crippen LogP contribution in [0, 0.1) is 0 Å². The summed E-state index contributed by atoms with van der Waals surface area (Å²) in [5.41, 5.74) is 0.270. The number of carbonyl (C=O) groups is 3. The van der Waals surface area contributed by atoms with Crippen LogP contribution in [0.1, 0.15) is 36.7 Å². The molecule has 0 aromatic carbocycles. The highest BCUT2D eigenvalue weighted by Gasteiger charge is 2.14. The molecular weight excluding hydrogens is 292 g/mol. The Morgan fingerprint density at radius 1 is 1.32 bits per heavy atom. The van der Waals surface area contributed by atoms with Gasteiger partial charge in [0.15, 0.2) is 0 Å². The molecule has 1 amide bonds. The summed E-state index contributed by atoms with van der Waals surface area (Å²) < 4.78 is 9.46. The van der Waals surface area contributed by atoms with Crippen molar-refractivity contribution in [3.8, 4) is 0 Å². The molecule has 0 fully saturated rings. The Morgan fingerprint density at radius 2 is 2.05 bits per heavy atom. The predicted octanol–water partition coefficient (Wildman–Crippen LogP) is 0.107. The van der Waals surface area contributed by atoms with Gasteiger partial charge in [0, 0.05) is 18.9 Å².